The van der Waals surface area contributed by atoms with E-state index in [4.69, 9.17) is 0 Å². The summed E-state index contributed by atoms with van der Waals surface area (Å²) in [6.07, 6.45) is 1.71. The molecule has 0 aliphatic heterocycles. The third-order valence-electron chi connectivity index (χ3n) is 2.43. The standard InChI is InChI=1S/C11H12N4O2/c1-12-6-9-7-13-14-11(9)8-3-2-4-10(5-8)15(16)17/h2-5,7,12H,6H2,1H3,(H,13,14). The van der Waals surface area contributed by atoms with E-state index in [9.17, 15) is 10.1 Å². The molecular weight excluding hydrogens is 220 g/mol. The summed E-state index contributed by atoms with van der Waals surface area (Å²) in [5, 5.41) is 20.5. The third-order valence-corrected chi connectivity index (χ3v) is 2.43. The quantitative estimate of drug-likeness (QED) is 0.620. The Balaban J connectivity index is 2.42. The van der Waals surface area contributed by atoms with Crippen molar-refractivity contribution in [2.75, 3.05) is 7.05 Å². The second kappa shape index (κ2) is 4.75. The number of aromatic amines is 1. The molecular formula is C11H12N4O2. The Morgan fingerprint density at radius 2 is 2.35 bits per heavy atom. The van der Waals surface area contributed by atoms with Crippen molar-refractivity contribution in [3.8, 4) is 11.3 Å². The molecule has 0 atom stereocenters. The Bertz CT molecular complexity index is 536. The second-order valence-electron chi connectivity index (χ2n) is 3.61. The molecule has 17 heavy (non-hydrogen) atoms. The topological polar surface area (TPSA) is 83.8 Å². The highest BCUT2D eigenvalue weighted by atomic mass is 16.6. The number of nitrogens with zero attached hydrogens (tertiary/aromatic N) is 2. The summed E-state index contributed by atoms with van der Waals surface area (Å²) in [6, 6.07) is 6.49. The molecule has 6 nitrogen and oxygen atoms in total. The van der Waals surface area contributed by atoms with Gasteiger partial charge in [-0.05, 0) is 7.05 Å². The van der Waals surface area contributed by atoms with Gasteiger partial charge in [0.15, 0.2) is 0 Å². The number of hydrogen-bond donors (Lipinski definition) is 2. The number of H-pyrrole nitrogens is 1. The molecule has 2 rings (SSSR count). The summed E-state index contributed by atoms with van der Waals surface area (Å²) in [5.41, 5.74) is 2.63. The summed E-state index contributed by atoms with van der Waals surface area (Å²) >= 11 is 0. The zero-order chi connectivity index (χ0) is 12.3. The Labute approximate surface area is 97.8 Å². The molecule has 2 aromatic rings. The maximum absolute atomic E-state index is 10.7. The number of nitrogens with one attached hydrogen (secondary N) is 2. The molecule has 0 saturated carbocycles. The molecule has 0 spiro atoms. The molecule has 0 radical (unpaired) electrons. The van der Waals surface area contributed by atoms with Gasteiger partial charge >= 0.3 is 0 Å². The van der Waals surface area contributed by atoms with Crippen LogP contribution in [0, 0.1) is 10.1 Å². The molecule has 0 bridgehead atoms. The van der Waals surface area contributed by atoms with Gasteiger partial charge in [0.25, 0.3) is 5.69 Å². The monoisotopic (exact) mass is 232 g/mol. The van der Waals surface area contributed by atoms with Gasteiger partial charge in [-0.1, -0.05) is 12.1 Å². The average molecular weight is 232 g/mol. The summed E-state index contributed by atoms with van der Waals surface area (Å²) in [6.45, 7) is 0.661. The number of hydrogen-bond acceptors (Lipinski definition) is 4. The van der Waals surface area contributed by atoms with E-state index in [1.807, 2.05) is 13.1 Å². The molecule has 0 aliphatic carbocycles. The van der Waals surface area contributed by atoms with Crippen LogP contribution >= 0.6 is 0 Å². The normalized spacial score (nSPS) is 10.4. The van der Waals surface area contributed by atoms with Crippen LogP contribution in [0.2, 0.25) is 0 Å². The minimum atomic E-state index is -0.405. The van der Waals surface area contributed by atoms with Crippen LogP contribution in [0.5, 0.6) is 0 Å². The molecule has 1 aromatic carbocycles. The molecule has 0 unspecified atom stereocenters. The number of aromatic nitrogens is 2. The van der Waals surface area contributed by atoms with Gasteiger partial charge in [-0.25, -0.2) is 0 Å². The van der Waals surface area contributed by atoms with Gasteiger partial charge < -0.3 is 5.32 Å². The fraction of sp³-hybridized carbons (Fsp3) is 0.182. The van der Waals surface area contributed by atoms with Crippen molar-refractivity contribution in [2.45, 2.75) is 6.54 Å². The van der Waals surface area contributed by atoms with Crippen molar-refractivity contribution < 1.29 is 4.92 Å². The number of nitro groups is 1. The first-order valence-electron chi connectivity index (χ1n) is 5.14. The first kappa shape index (κ1) is 11.3. The van der Waals surface area contributed by atoms with E-state index in [2.05, 4.69) is 15.5 Å². The largest absolute Gasteiger partial charge is 0.316 e. The number of non-ortho nitro benzene ring substituents is 1. The third kappa shape index (κ3) is 2.31. The molecule has 2 N–H and O–H groups in total. The van der Waals surface area contributed by atoms with Crippen LogP contribution in [0.1, 0.15) is 5.56 Å². The Morgan fingerprint density at radius 1 is 1.53 bits per heavy atom. The van der Waals surface area contributed by atoms with Gasteiger partial charge in [-0.3, -0.25) is 15.2 Å². The molecule has 6 heteroatoms. The van der Waals surface area contributed by atoms with Crippen molar-refractivity contribution in [1.29, 1.82) is 0 Å². The first-order chi connectivity index (χ1) is 8.22. The van der Waals surface area contributed by atoms with Crippen molar-refractivity contribution >= 4 is 5.69 Å². The van der Waals surface area contributed by atoms with Crippen LogP contribution < -0.4 is 5.32 Å². The Hall–Kier alpha value is -2.21. The average Bonchev–Trinajstić information content (AvgIpc) is 2.78. The minimum Gasteiger partial charge on any atom is -0.316 e. The first-order valence-corrected chi connectivity index (χ1v) is 5.14. The van der Waals surface area contributed by atoms with E-state index in [0.29, 0.717) is 6.54 Å². The summed E-state index contributed by atoms with van der Waals surface area (Å²) in [5.74, 6) is 0. The fourth-order valence-electron chi connectivity index (χ4n) is 1.66. The maximum Gasteiger partial charge on any atom is 0.270 e. The maximum atomic E-state index is 10.7. The van der Waals surface area contributed by atoms with Crippen LogP contribution in [-0.2, 0) is 6.54 Å². The Morgan fingerprint density at radius 3 is 3.06 bits per heavy atom. The molecule has 88 valence electrons. The molecule has 0 aliphatic rings. The van der Waals surface area contributed by atoms with Crippen molar-refractivity contribution in [2.24, 2.45) is 0 Å². The molecule has 0 fully saturated rings. The highest BCUT2D eigenvalue weighted by Gasteiger charge is 2.11. The zero-order valence-corrected chi connectivity index (χ0v) is 9.30. The molecule has 1 aromatic heterocycles. The predicted molar refractivity (Wildman–Crippen MR) is 63.4 cm³/mol. The van der Waals surface area contributed by atoms with E-state index < -0.39 is 4.92 Å². The van der Waals surface area contributed by atoms with Gasteiger partial charge in [0.2, 0.25) is 0 Å². The molecule has 1 heterocycles. The lowest BCUT2D eigenvalue weighted by atomic mass is 10.1. The second-order valence-corrected chi connectivity index (χ2v) is 3.61. The SMILES string of the molecule is CNCc1cn[nH]c1-c1cccc([N+](=O)[O-])c1. The van der Waals surface area contributed by atoms with Crippen LogP contribution in [0.3, 0.4) is 0 Å². The van der Waals surface area contributed by atoms with Crippen molar-refractivity contribution in [1.82, 2.24) is 15.5 Å². The minimum absolute atomic E-state index is 0.0764. The predicted octanol–water partition coefficient (Wildman–Crippen LogP) is 1.70. The van der Waals surface area contributed by atoms with Crippen LogP contribution in [0.25, 0.3) is 11.3 Å². The number of benzene rings is 1. The van der Waals surface area contributed by atoms with E-state index in [0.717, 1.165) is 16.8 Å². The lowest BCUT2D eigenvalue weighted by Crippen LogP contribution is -2.05. The van der Waals surface area contributed by atoms with Crippen LogP contribution in [0.4, 0.5) is 5.69 Å². The van der Waals surface area contributed by atoms with E-state index in [1.54, 1.807) is 12.3 Å². The highest BCUT2D eigenvalue weighted by Crippen LogP contribution is 2.24. The smallest absolute Gasteiger partial charge is 0.270 e. The summed E-state index contributed by atoms with van der Waals surface area (Å²) in [4.78, 5) is 10.3. The van der Waals surface area contributed by atoms with Gasteiger partial charge in [-0.2, -0.15) is 5.10 Å². The van der Waals surface area contributed by atoms with Crippen LogP contribution in [-0.4, -0.2) is 22.2 Å². The number of nitro benzene ring substituents is 1. The van der Waals surface area contributed by atoms with E-state index in [1.165, 1.54) is 12.1 Å². The Kier molecular flexibility index (Phi) is 3.15. The van der Waals surface area contributed by atoms with Crippen LogP contribution in [0.15, 0.2) is 30.5 Å². The molecule has 0 amide bonds. The summed E-state index contributed by atoms with van der Waals surface area (Å²) < 4.78 is 0. The van der Waals surface area contributed by atoms with E-state index in [-0.39, 0.29) is 5.69 Å². The van der Waals surface area contributed by atoms with Crippen molar-refractivity contribution in [3.05, 3.63) is 46.1 Å². The lowest BCUT2D eigenvalue weighted by molar-refractivity contribution is -0.384. The van der Waals surface area contributed by atoms with Gasteiger partial charge in [0, 0.05) is 29.8 Å². The van der Waals surface area contributed by atoms with Gasteiger partial charge in [-0.15, -0.1) is 0 Å². The number of rotatable bonds is 4. The van der Waals surface area contributed by atoms with Gasteiger partial charge in [0.1, 0.15) is 0 Å². The van der Waals surface area contributed by atoms with Gasteiger partial charge in [0.05, 0.1) is 16.8 Å². The lowest BCUT2D eigenvalue weighted by Gasteiger charge is -2.02. The van der Waals surface area contributed by atoms with E-state index >= 15 is 0 Å². The molecule has 0 saturated heterocycles. The zero-order valence-electron chi connectivity index (χ0n) is 9.30. The fourth-order valence-corrected chi connectivity index (χ4v) is 1.66. The highest BCUT2D eigenvalue weighted by molar-refractivity contribution is 5.65. The summed E-state index contributed by atoms with van der Waals surface area (Å²) in [7, 11) is 1.84. The van der Waals surface area contributed by atoms with Crippen molar-refractivity contribution in [3.63, 3.8) is 0 Å².